The number of carbonyl (C=O) groups excluding carboxylic acids is 9. The smallest absolute Gasteiger partial charge is 0.245 e. The Morgan fingerprint density at radius 1 is 0.747 bits per heavy atom. The van der Waals surface area contributed by atoms with Crippen LogP contribution in [0, 0.1) is 0 Å². The van der Waals surface area contributed by atoms with E-state index in [1.54, 1.807) is 36.5 Å². The fraction of sp³-hybridized carbons (Fsp3) is 0.479. The summed E-state index contributed by atoms with van der Waals surface area (Å²) in [5.41, 5.74) is 35.9. The number of carbonyl (C=O) groups is 9. The highest BCUT2D eigenvalue weighted by Crippen LogP contribution is 2.20. The molecule has 2 aromatic carbocycles. The molecule has 1 fully saturated rings. The first-order chi connectivity index (χ1) is 35.6. The van der Waals surface area contributed by atoms with E-state index in [2.05, 4.69) is 57.5 Å². The van der Waals surface area contributed by atoms with Crippen molar-refractivity contribution in [3.05, 3.63) is 65.9 Å². The normalized spacial score (nSPS) is 21.5. The van der Waals surface area contributed by atoms with E-state index in [0.29, 0.717) is 16.8 Å². The van der Waals surface area contributed by atoms with Crippen molar-refractivity contribution >= 4 is 81.7 Å². The van der Waals surface area contributed by atoms with Crippen LogP contribution in [0.2, 0.25) is 0 Å². The van der Waals surface area contributed by atoms with Gasteiger partial charge in [0, 0.05) is 68.6 Å². The Morgan fingerprint density at radius 3 is 2.01 bits per heavy atom. The molecule has 4 rings (SSSR count). The summed E-state index contributed by atoms with van der Waals surface area (Å²) in [7, 11) is 0. The first-order valence-electron chi connectivity index (χ1n) is 24.4. The van der Waals surface area contributed by atoms with Crippen molar-refractivity contribution in [3.8, 4) is 0 Å². The molecule has 9 amide bonds. The first-order valence-corrected chi connectivity index (χ1v) is 24.4. The number of guanidine groups is 2. The van der Waals surface area contributed by atoms with Crippen molar-refractivity contribution in [3.63, 3.8) is 0 Å². The topological polar surface area (TPSA) is 467 Å². The van der Waals surface area contributed by atoms with E-state index in [-0.39, 0.29) is 95.8 Å². The molecule has 1 aliphatic heterocycles. The average Bonchev–Trinajstić information content (AvgIpc) is 3.76. The van der Waals surface area contributed by atoms with Crippen molar-refractivity contribution in [2.24, 2.45) is 38.7 Å². The number of anilines is 1. The quantitative estimate of drug-likeness (QED) is 0.0263. The largest absolute Gasteiger partial charge is 0.399 e. The van der Waals surface area contributed by atoms with E-state index in [1.807, 2.05) is 18.2 Å². The predicted octanol–water partition coefficient (Wildman–Crippen LogP) is -4.39. The summed E-state index contributed by atoms with van der Waals surface area (Å²) in [5.74, 6) is -8.02. The fourth-order valence-electron chi connectivity index (χ4n) is 8.08. The predicted molar refractivity (Wildman–Crippen MR) is 278 cm³/mol. The van der Waals surface area contributed by atoms with Crippen LogP contribution in [-0.4, -0.2) is 143 Å². The number of nitrogens with zero attached hydrogens (tertiary/aromatic N) is 2. The zero-order valence-corrected chi connectivity index (χ0v) is 42.0. The maximum Gasteiger partial charge on any atom is 0.245 e. The van der Waals surface area contributed by atoms with Crippen molar-refractivity contribution in [1.29, 1.82) is 0 Å². The number of rotatable bonds is 17. The SMILES string of the molecule is CC(=O)N[C@@H](CCCN=C(N)N)C(=O)N[C@H]1CCC(=O)NCCC[C@@H](C(N)=O)NC(=O)[C@H](Cc2c[nH]c3ccccc23)NC(=O)[C@H](CCCN=C(N)N)NC(=O)[C@@H](Cc2ccc(N)cc2)NC(=O)[C@H]([C@@H](C)O)NC1=O. The Kier molecular flexibility index (Phi) is 23.1. The van der Waals surface area contributed by atoms with Crippen LogP contribution >= 0.6 is 0 Å². The van der Waals surface area contributed by atoms with Gasteiger partial charge in [-0.2, -0.15) is 0 Å². The van der Waals surface area contributed by atoms with Crippen molar-refractivity contribution in [2.45, 2.75) is 126 Å². The molecule has 8 atom stereocenters. The van der Waals surface area contributed by atoms with Crippen molar-refractivity contribution in [1.82, 2.24) is 47.5 Å². The molecule has 75 heavy (non-hydrogen) atoms. The molecule has 0 aliphatic carbocycles. The minimum Gasteiger partial charge on any atom is -0.399 e. The maximum absolute atomic E-state index is 14.6. The third-order valence-electron chi connectivity index (χ3n) is 12.0. The van der Waals surface area contributed by atoms with Gasteiger partial charge in [-0.05, 0) is 81.2 Å². The van der Waals surface area contributed by atoms with Gasteiger partial charge in [0.15, 0.2) is 11.9 Å². The lowest BCUT2D eigenvalue weighted by atomic mass is 10.0. The minimum atomic E-state index is -1.79. The molecule has 0 unspecified atom stereocenters. The summed E-state index contributed by atoms with van der Waals surface area (Å²) in [5, 5.41) is 32.5. The summed E-state index contributed by atoms with van der Waals surface area (Å²) in [6.45, 7) is 2.46. The second kappa shape index (κ2) is 29.3. The number of nitrogens with two attached hydrogens (primary N) is 6. The van der Waals surface area contributed by atoms with Crippen LogP contribution in [0.15, 0.2) is 64.7 Å². The number of hydrogen-bond donors (Lipinski definition) is 16. The van der Waals surface area contributed by atoms with Gasteiger partial charge in [-0.1, -0.05) is 30.3 Å². The lowest BCUT2D eigenvalue weighted by Crippen LogP contribution is -2.62. The lowest BCUT2D eigenvalue weighted by Gasteiger charge is -2.28. The third-order valence-corrected chi connectivity index (χ3v) is 12.0. The van der Waals surface area contributed by atoms with E-state index in [9.17, 15) is 48.3 Å². The van der Waals surface area contributed by atoms with Crippen LogP contribution in [-0.2, 0) is 56.0 Å². The molecular formula is C48H71N17O10. The summed E-state index contributed by atoms with van der Waals surface area (Å²) < 4.78 is 0. The number of aliphatic hydroxyl groups is 1. The number of nitrogen functional groups attached to an aromatic ring is 1. The van der Waals surface area contributed by atoms with Crippen LogP contribution in [0.1, 0.15) is 76.3 Å². The van der Waals surface area contributed by atoms with E-state index in [0.717, 1.165) is 10.9 Å². The molecule has 22 N–H and O–H groups in total. The number of aromatic nitrogens is 1. The van der Waals surface area contributed by atoms with E-state index >= 15 is 0 Å². The molecule has 1 saturated heterocycles. The molecule has 0 bridgehead atoms. The monoisotopic (exact) mass is 1050 g/mol. The van der Waals surface area contributed by atoms with Crippen LogP contribution < -0.4 is 76.9 Å². The van der Waals surface area contributed by atoms with E-state index in [1.165, 1.54) is 13.8 Å². The molecule has 27 nitrogen and oxygen atoms in total. The van der Waals surface area contributed by atoms with Crippen LogP contribution in [0.5, 0.6) is 0 Å². The Labute approximate surface area is 432 Å². The van der Waals surface area contributed by atoms with Crippen molar-refractivity contribution in [2.75, 3.05) is 25.4 Å². The highest BCUT2D eigenvalue weighted by Gasteiger charge is 2.36. The summed E-state index contributed by atoms with van der Waals surface area (Å²) >= 11 is 0. The highest BCUT2D eigenvalue weighted by atomic mass is 16.3. The van der Waals surface area contributed by atoms with E-state index < -0.39 is 102 Å². The number of aromatic amines is 1. The van der Waals surface area contributed by atoms with Crippen LogP contribution in [0.4, 0.5) is 5.69 Å². The molecule has 0 saturated carbocycles. The average molecular weight is 1050 g/mol. The fourth-order valence-corrected chi connectivity index (χ4v) is 8.08. The number of fused-ring (bicyclic) bond motifs is 1. The number of H-pyrrole nitrogens is 1. The number of primary amides is 1. The maximum atomic E-state index is 14.6. The van der Waals surface area contributed by atoms with Gasteiger partial charge in [0.25, 0.3) is 0 Å². The molecule has 0 spiro atoms. The summed E-state index contributed by atoms with van der Waals surface area (Å²) in [6, 6.07) is 3.39. The first kappa shape index (κ1) is 59.1. The highest BCUT2D eigenvalue weighted by molar-refractivity contribution is 5.98. The Hall–Kier alpha value is -8.49. The number of benzene rings is 2. The number of para-hydroxylation sites is 1. The molecule has 3 aromatic rings. The van der Waals surface area contributed by atoms with Gasteiger partial charge in [-0.25, -0.2) is 0 Å². The van der Waals surface area contributed by atoms with Crippen LogP contribution in [0.25, 0.3) is 10.9 Å². The lowest BCUT2D eigenvalue weighted by molar-refractivity contribution is -0.137. The van der Waals surface area contributed by atoms with Gasteiger partial charge in [0.2, 0.25) is 53.2 Å². The number of amides is 9. The molecular weight excluding hydrogens is 975 g/mol. The Balaban J connectivity index is 1.77. The van der Waals surface area contributed by atoms with Gasteiger partial charge in [0.1, 0.15) is 42.3 Å². The Bertz CT molecular complexity index is 2540. The molecule has 1 aliphatic rings. The second-order valence-electron chi connectivity index (χ2n) is 18.1. The van der Waals surface area contributed by atoms with Crippen LogP contribution in [0.3, 0.4) is 0 Å². The number of aliphatic imine (C=N–C) groups is 2. The number of nitrogens with one attached hydrogen (secondary N) is 9. The third kappa shape index (κ3) is 19.8. The molecule has 1 aromatic heterocycles. The minimum absolute atomic E-state index is 0.0173. The van der Waals surface area contributed by atoms with Crippen molar-refractivity contribution < 1.29 is 48.3 Å². The summed E-state index contributed by atoms with van der Waals surface area (Å²) in [6.07, 6.45) is -0.748. The van der Waals surface area contributed by atoms with Gasteiger partial charge >= 0.3 is 0 Å². The zero-order valence-electron chi connectivity index (χ0n) is 42.0. The molecule has 0 radical (unpaired) electrons. The van der Waals surface area contributed by atoms with Gasteiger partial charge < -0.3 is 87.0 Å². The van der Waals surface area contributed by atoms with E-state index in [4.69, 9.17) is 34.4 Å². The van der Waals surface area contributed by atoms with Gasteiger partial charge in [-0.15, -0.1) is 0 Å². The van der Waals surface area contributed by atoms with Gasteiger partial charge in [-0.3, -0.25) is 53.1 Å². The van der Waals surface area contributed by atoms with Gasteiger partial charge in [0.05, 0.1) is 6.10 Å². The zero-order chi connectivity index (χ0) is 55.2. The summed E-state index contributed by atoms with van der Waals surface area (Å²) in [4.78, 5) is 135. The standard InChI is InChI=1S/C48H71N17O10/c1-25(66)39-46(75)64-36(22-27-13-15-29(49)16-14-27)44(73)61-34(12-7-21-57-48(53)54)42(71)63-37(23-28-24-58-31-9-4-3-8-30(28)31)45(74)60-32(40(50)69)10-5-19-55-38(68)18-17-35(43(72)65-39)62-41(70)33(59-26(2)67)11-6-20-56-47(51)52/h3-4,8-9,13-16,24-25,32-37,39,58,66H,5-7,10-12,17-23,49H2,1-2H3,(H2,50,69)(H,55,68)(H,59,67)(H,60,74)(H,61,73)(H,62,70)(H,63,71)(H,64,75)(H,65,72)(H4,51,52,56)(H4,53,54,57)/t25-,32+,33+,34+,35+,36-,37+,39+/m1/s1. The molecule has 2 heterocycles. The second-order valence-corrected chi connectivity index (χ2v) is 18.1. The molecule has 27 heteroatoms. The number of aliphatic hydroxyl groups excluding tert-OH is 1. The Morgan fingerprint density at radius 2 is 1.36 bits per heavy atom. The number of hydrogen-bond acceptors (Lipinski definition) is 13. The molecule has 408 valence electrons.